The van der Waals surface area contributed by atoms with Gasteiger partial charge in [0.2, 0.25) is 22.7 Å². The van der Waals surface area contributed by atoms with Crippen LogP contribution < -0.4 is 14.8 Å². The van der Waals surface area contributed by atoms with E-state index >= 15 is 0 Å². The smallest absolute Gasteiger partial charge is 0.245 e. The normalized spacial score (nSPS) is 18.9. The van der Waals surface area contributed by atoms with Gasteiger partial charge in [0.05, 0.1) is 17.6 Å². The van der Waals surface area contributed by atoms with Gasteiger partial charge in [0.15, 0.2) is 11.5 Å². The Kier molecular flexibility index (Phi) is 5.24. The number of ether oxygens (including phenoxy) is 2. The van der Waals surface area contributed by atoms with Crippen LogP contribution in [0.3, 0.4) is 0 Å². The Balaban J connectivity index is 1.27. The van der Waals surface area contributed by atoms with Crippen molar-refractivity contribution in [3.63, 3.8) is 0 Å². The number of nitrogens with one attached hydrogen (secondary N) is 1. The van der Waals surface area contributed by atoms with Crippen LogP contribution >= 0.6 is 11.7 Å². The number of piperidine rings is 1. The van der Waals surface area contributed by atoms with Gasteiger partial charge < -0.3 is 14.8 Å². The van der Waals surface area contributed by atoms with E-state index in [4.69, 9.17) is 9.47 Å². The molecular weight excluding hydrogens is 440 g/mol. The molecule has 0 aliphatic carbocycles. The zero-order valence-electron chi connectivity index (χ0n) is 16.5. The summed E-state index contributed by atoms with van der Waals surface area (Å²) in [6, 6.07) is 10.5. The molecule has 3 aromatic rings. The van der Waals surface area contributed by atoms with Crippen molar-refractivity contribution in [2.75, 3.05) is 19.9 Å². The molecule has 31 heavy (non-hydrogen) atoms. The zero-order chi connectivity index (χ0) is 21.4. The Morgan fingerprint density at radius 2 is 2.06 bits per heavy atom. The van der Waals surface area contributed by atoms with Crippen LogP contribution in [0.2, 0.25) is 0 Å². The molecule has 0 spiro atoms. The lowest BCUT2D eigenvalue weighted by atomic mass is 9.98. The van der Waals surface area contributed by atoms with E-state index in [1.807, 2.05) is 18.2 Å². The van der Waals surface area contributed by atoms with Crippen molar-refractivity contribution in [2.45, 2.75) is 24.3 Å². The summed E-state index contributed by atoms with van der Waals surface area (Å²) >= 11 is 0.983. The van der Waals surface area contributed by atoms with Gasteiger partial charge in [-0.2, -0.15) is 13.1 Å². The summed E-state index contributed by atoms with van der Waals surface area (Å²) in [4.78, 5) is 12.9. The third-order valence-corrected chi connectivity index (χ3v) is 7.96. The monoisotopic (exact) mass is 460 g/mol. The number of aromatic nitrogens is 2. The van der Waals surface area contributed by atoms with Crippen LogP contribution in [0.1, 0.15) is 18.4 Å². The molecule has 1 aromatic heterocycles. The molecule has 3 heterocycles. The minimum atomic E-state index is -3.77. The van der Waals surface area contributed by atoms with Gasteiger partial charge in [-0.15, -0.1) is 0 Å². The van der Waals surface area contributed by atoms with E-state index in [1.165, 1.54) is 4.31 Å². The first kappa shape index (κ1) is 20.2. The fraction of sp³-hybridized carbons (Fsp3) is 0.350. The Labute approximate surface area is 183 Å². The van der Waals surface area contributed by atoms with E-state index in [9.17, 15) is 13.2 Å². The number of hydrogen-bond acceptors (Lipinski definition) is 8. The molecule has 1 atom stereocenters. The lowest BCUT2D eigenvalue weighted by molar-refractivity contribution is -0.126. The highest BCUT2D eigenvalue weighted by Crippen LogP contribution is 2.32. The SMILES string of the molecule is O=C(NCc1ccc2c(c1)OCO2)[C@H]1CCCN(S(=O)(=O)c2cccc3nsnc23)C1. The van der Waals surface area contributed by atoms with E-state index in [0.717, 1.165) is 17.3 Å². The lowest BCUT2D eigenvalue weighted by Gasteiger charge is -2.31. The molecule has 0 saturated carbocycles. The second kappa shape index (κ2) is 8.06. The second-order valence-corrected chi connectivity index (χ2v) is 9.93. The standard InChI is InChI=1S/C20H20N4O5S2/c25-20(21-10-13-6-7-16-17(9-13)29-12-28-16)14-3-2-8-24(11-14)31(26,27)18-5-1-4-15-19(18)23-30-22-15/h1,4-7,9,14H,2-3,8,10-12H2,(H,21,25)/t14-/m0/s1. The maximum Gasteiger partial charge on any atom is 0.245 e. The van der Waals surface area contributed by atoms with Crippen LogP contribution in [0.5, 0.6) is 11.5 Å². The predicted octanol–water partition coefficient (Wildman–Crippen LogP) is 2.14. The molecule has 1 N–H and O–H groups in total. The quantitative estimate of drug-likeness (QED) is 0.621. The minimum Gasteiger partial charge on any atom is -0.454 e. The van der Waals surface area contributed by atoms with Gasteiger partial charge in [0, 0.05) is 19.6 Å². The topological polar surface area (TPSA) is 111 Å². The largest absolute Gasteiger partial charge is 0.454 e. The first-order valence-corrected chi connectivity index (χ1v) is 12.1. The van der Waals surface area contributed by atoms with Crippen molar-refractivity contribution < 1.29 is 22.7 Å². The first-order chi connectivity index (χ1) is 15.0. The maximum atomic E-state index is 13.3. The van der Waals surface area contributed by atoms with Gasteiger partial charge in [-0.1, -0.05) is 12.1 Å². The maximum absolute atomic E-state index is 13.3. The van der Waals surface area contributed by atoms with E-state index in [2.05, 4.69) is 14.1 Å². The number of sulfonamides is 1. The summed E-state index contributed by atoms with van der Waals surface area (Å²) in [6.45, 7) is 1.05. The van der Waals surface area contributed by atoms with Gasteiger partial charge >= 0.3 is 0 Å². The summed E-state index contributed by atoms with van der Waals surface area (Å²) in [5.74, 6) is 0.775. The number of amides is 1. The van der Waals surface area contributed by atoms with Crippen molar-refractivity contribution in [2.24, 2.45) is 5.92 Å². The molecule has 11 heteroatoms. The highest BCUT2D eigenvalue weighted by Gasteiger charge is 2.34. The zero-order valence-corrected chi connectivity index (χ0v) is 18.1. The summed E-state index contributed by atoms with van der Waals surface area (Å²) < 4.78 is 46.8. The number of fused-ring (bicyclic) bond motifs is 2. The average Bonchev–Trinajstić information content (AvgIpc) is 3.46. The molecule has 1 fully saturated rings. The van der Waals surface area contributed by atoms with Crippen molar-refractivity contribution in [1.29, 1.82) is 0 Å². The Hall–Kier alpha value is -2.76. The number of nitrogens with zero attached hydrogens (tertiary/aromatic N) is 3. The van der Waals surface area contributed by atoms with E-state index in [-0.39, 0.29) is 24.1 Å². The Morgan fingerprint density at radius 3 is 2.97 bits per heavy atom. The predicted molar refractivity (Wildman–Crippen MR) is 113 cm³/mol. The molecule has 1 saturated heterocycles. The van der Waals surface area contributed by atoms with Crippen LogP contribution in [-0.2, 0) is 21.4 Å². The van der Waals surface area contributed by atoms with Crippen LogP contribution in [-0.4, -0.2) is 47.3 Å². The highest BCUT2D eigenvalue weighted by molar-refractivity contribution is 7.89. The Bertz CT molecular complexity index is 1240. The van der Waals surface area contributed by atoms with Crippen molar-refractivity contribution in [3.05, 3.63) is 42.0 Å². The third kappa shape index (κ3) is 3.84. The lowest BCUT2D eigenvalue weighted by Crippen LogP contribution is -2.45. The molecular formula is C20H20N4O5S2. The highest BCUT2D eigenvalue weighted by atomic mass is 32.2. The third-order valence-electron chi connectivity index (χ3n) is 5.53. The molecule has 162 valence electrons. The van der Waals surface area contributed by atoms with Crippen LogP contribution in [0.25, 0.3) is 11.0 Å². The number of carbonyl (C=O) groups is 1. The van der Waals surface area contributed by atoms with Gasteiger partial charge in [-0.05, 0) is 42.7 Å². The van der Waals surface area contributed by atoms with Crippen molar-refractivity contribution >= 4 is 38.7 Å². The van der Waals surface area contributed by atoms with Crippen molar-refractivity contribution in [1.82, 2.24) is 18.4 Å². The molecule has 9 nitrogen and oxygen atoms in total. The summed E-state index contributed by atoms with van der Waals surface area (Å²) in [5.41, 5.74) is 1.82. The fourth-order valence-corrected chi connectivity index (χ4v) is 6.16. The minimum absolute atomic E-state index is 0.139. The second-order valence-electron chi connectivity index (χ2n) is 7.50. The molecule has 2 aliphatic rings. The van der Waals surface area contributed by atoms with Crippen LogP contribution in [0, 0.1) is 5.92 Å². The first-order valence-electron chi connectivity index (χ1n) is 9.90. The molecule has 0 radical (unpaired) electrons. The summed E-state index contributed by atoms with van der Waals surface area (Å²) in [6.07, 6.45) is 1.26. The fourth-order valence-electron chi connectivity index (χ4n) is 3.89. The van der Waals surface area contributed by atoms with E-state index < -0.39 is 15.9 Å². The molecule has 2 aliphatic heterocycles. The van der Waals surface area contributed by atoms with Crippen molar-refractivity contribution in [3.8, 4) is 11.5 Å². The Morgan fingerprint density at radius 1 is 1.19 bits per heavy atom. The number of carbonyl (C=O) groups excluding carboxylic acids is 1. The van der Waals surface area contributed by atoms with Gasteiger partial charge in [0.25, 0.3) is 0 Å². The number of rotatable bonds is 5. The van der Waals surface area contributed by atoms with E-state index in [1.54, 1.807) is 18.2 Å². The summed E-state index contributed by atoms with van der Waals surface area (Å²) in [7, 11) is -3.77. The summed E-state index contributed by atoms with van der Waals surface area (Å²) in [5, 5.41) is 2.92. The molecule has 1 amide bonds. The number of hydrogen-bond donors (Lipinski definition) is 1. The average molecular weight is 461 g/mol. The number of benzene rings is 2. The van der Waals surface area contributed by atoms with Gasteiger partial charge in [-0.25, -0.2) is 8.42 Å². The van der Waals surface area contributed by atoms with Crippen LogP contribution in [0.4, 0.5) is 0 Å². The molecule has 0 unspecified atom stereocenters. The van der Waals surface area contributed by atoms with Gasteiger partial charge in [-0.3, -0.25) is 4.79 Å². The van der Waals surface area contributed by atoms with Crippen LogP contribution in [0.15, 0.2) is 41.3 Å². The van der Waals surface area contributed by atoms with Gasteiger partial charge in [0.1, 0.15) is 15.9 Å². The molecule has 2 aromatic carbocycles. The van der Waals surface area contributed by atoms with E-state index in [0.29, 0.717) is 48.5 Å². The molecule has 0 bridgehead atoms. The molecule has 5 rings (SSSR count).